The molecule has 0 aliphatic carbocycles. The second-order valence-electron chi connectivity index (χ2n) is 7.07. The average molecular weight is 381 g/mol. The molecule has 8 heteroatoms. The molecule has 1 aliphatic rings. The lowest BCUT2D eigenvalue weighted by molar-refractivity contribution is -0.145. The molecule has 0 saturated carbocycles. The van der Waals surface area contributed by atoms with Crippen LogP contribution in [0.2, 0.25) is 0 Å². The third-order valence-corrected chi connectivity index (χ3v) is 5.33. The van der Waals surface area contributed by atoms with Gasteiger partial charge in [0.2, 0.25) is 5.91 Å². The van der Waals surface area contributed by atoms with Crippen molar-refractivity contribution in [2.24, 2.45) is 7.05 Å². The van der Waals surface area contributed by atoms with Gasteiger partial charge in [-0.3, -0.25) is 9.59 Å². The summed E-state index contributed by atoms with van der Waals surface area (Å²) in [5.41, 5.74) is 2.46. The van der Waals surface area contributed by atoms with Gasteiger partial charge < -0.3 is 24.5 Å². The number of carbonyl (C=O) groups is 2. The van der Waals surface area contributed by atoms with E-state index in [1.165, 1.54) is 6.20 Å². The second-order valence-corrected chi connectivity index (χ2v) is 7.07. The van der Waals surface area contributed by atoms with Gasteiger partial charge in [0.05, 0.1) is 24.6 Å². The Morgan fingerprint density at radius 2 is 1.89 bits per heavy atom. The van der Waals surface area contributed by atoms with Crippen LogP contribution in [-0.4, -0.2) is 67.4 Å². The Morgan fingerprint density at radius 3 is 2.61 bits per heavy atom. The zero-order valence-electron chi connectivity index (χ0n) is 15.7. The number of aliphatic hydroxyl groups excluding tert-OH is 1. The van der Waals surface area contributed by atoms with E-state index in [0.29, 0.717) is 38.3 Å². The fourth-order valence-electron chi connectivity index (χ4n) is 3.66. The van der Waals surface area contributed by atoms with Gasteiger partial charge in [-0.15, -0.1) is 0 Å². The van der Waals surface area contributed by atoms with Crippen LogP contribution < -0.4 is 0 Å². The van der Waals surface area contributed by atoms with Crippen LogP contribution in [0.3, 0.4) is 0 Å². The number of aromatic amines is 1. The monoisotopic (exact) mass is 381 g/mol. The minimum Gasteiger partial charge on any atom is -0.377 e. The molecule has 0 spiro atoms. The Bertz CT molecular complexity index is 1000. The van der Waals surface area contributed by atoms with E-state index in [2.05, 4.69) is 9.97 Å². The Morgan fingerprint density at radius 1 is 1.18 bits per heavy atom. The number of rotatable bonds is 4. The van der Waals surface area contributed by atoms with Crippen LogP contribution in [0.25, 0.3) is 10.9 Å². The number of aromatic nitrogens is 3. The van der Waals surface area contributed by atoms with Crippen molar-refractivity contribution in [3.63, 3.8) is 0 Å². The summed E-state index contributed by atoms with van der Waals surface area (Å²) < 4.78 is 1.63. The van der Waals surface area contributed by atoms with Crippen molar-refractivity contribution in [1.29, 1.82) is 0 Å². The molecule has 1 fully saturated rings. The maximum Gasteiger partial charge on any atom is 0.257 e. The first kappa shape index (κ1) is 18.2. The van der Waals surface area contributed by atoms with Crippen LogP contribution in [0, 0.1) is 0 Å². The van der Waals surface area contributed by atoms with Gasteiger partial charge in [0.25, 0.3) is 5.91 Å². The van der Waals surface area contributed by atoms with Crippen molar-refractivity contribution in [2.45, 2.75) is 12.5 Å². The van der Waals surface area contributed by atoms with Crippen LogP contribution in [0.4, 0.5) is 0 Å². The van der Waals surface area contributed by atoms with Crippen molar-refractivity contribution in [1.82, 2.24) is 24.3 Å². The molecule has 3 aromatic rings. The van der Waals surface area contributed by atoms with Gasteiger partial charge in [-0.05, 0) is 11.6 Å². The third kappa shape index (κ3) is 3.38. The highest BCUT2D eigenvalue weighted by Gasteiger charge is 2.30. The number of aryl methyl sites for hydroxylation is 1. The van der Waals surface area contributed by atoms with Crippen molar-refractivity contribution >= 4 is 22.7 Å². The molecular formula is C20H23N5O3. The summed E-state index contributed by atoms with van der Waals surface area (Å²) in [4.78, 5) is 35.8. The first-order valence-electron chi connectivity index (χ1n) is 9.30. The van der Waals surface area contributed by atoms with Gasteiger partial charge in [-0.25, -0.2) is 4.98 Å². The number of imidazole rings is 1. The summed E-state index contributed by atoms with van der Waals surface area (Å²) in [6.45, 7) is 1.75. The molecule has 0 bridgehead atoms. The highest BCUT2D eigenvalue weighted by Crippen LogP contribution is 2.20. The molecular weight excluding hydrogens is 358 g/mol. The standard InChI is InChI=1S/C20H23N5O3/c1-23-13-21-12-17(23)19(27)20(28)25-8-6-24(7-9-25)18(26)10-14-11-22-16-5-3-2-4-15(14)16/h2-5,11-13,19,22,27H,6-10H2,1H3/t19-/m0/s1. The predicted molar refractivity (Wildman–Crippen MR) is 103 cm³/mol. The van der Waals surface area contributed by atoms with Crippen LogP contribution in [0.1, 0.15) is 17.4 Å². The summed E-state index contributed by atoms with van der Waals surface area (Å²) >= 11 is 0. The highest BCUT2D eigenvalue weighted by molar-refractivity contribution is 5.89. The molecule has 0 unspecified atom stereocenters. The maximum atomic E-state index is 12.7. The molecule has 2 N–H and O–H groups in total. The van der Waals surface area contributed by atoms with E-state index in [1.807, 2.05) is 30.5 Å². The van der Waals surface area contributed by atoms with E-state index in [-0.39, 0.29) is 11.8 Å². The van der Waals surface area contributed by atoms with Gasteiger partial charge in [0.1, 0.15) is 0 Å². The van der Waals surface area contributed by atoms with Crippen molar-refractivity contribution in [3.8, 4) is 0 Å². The van der Waals surface area contributed by atoms with Gasteiger partial charge in [-0.2, -0.15) is 0 Å². The van der Waals surface area contributed by atoms with E-state index in [1.54, 1.807) is 27.7 Å². The summed E-state index contributed by atoms with van der Waals surface area (Å²) in [6, 6.07) is 7.91. The number of piperazine rings is 1. The van der Waals surface area contributed by atoms with Crippen LogP contribution in [0.5, 0.6) is 0 Å². The zero-order chi connectivity index (χ0) is 19.7. The summed E-state index contributed by atoms with van der Waals surface area (Å²) in [7, 11) is 1.74. The third-order valence-electron chi connectivity index (χ3n) is 5.33. The molecule has 3 heterocycles. The molecule has 4 rings (SSSR count). The first-order valence-corrected chi connectivity index (χ1v) is 9.30. The number of benzene rings is 1. The summed E-state index contributed by atoms with van der Waals surface area (Å²) in [5.74, 6) is -0.309. The van der Waals surface area contributed by atoms with E-state index >= 15 is 0 Å². The average Bonchev–Trinajstić information content (AvgIpc) is 3.33. The van der Waals surface area contributed by atoms with Crippen LogP contribution in [-0.2, 0) is 23.1 Å². The highest BCUT2D eigenvalue weighted by atomic mass is 16.3. The molecule has 1 aromatic carbocycles. The number of aliphatic hydroxyl groups is 1. The number of hydrogen-bond donors (Lipinski definition) is 2. The number of carbonyl (C=O) groups excluding carboxylic acids is 2. The number of fused-ring (bicyclic) bond motifs is 1. The van der Waals surface area contributed by atoms with E-state index in [9.17, 15) is 14.7 Å². The van der Waals surface area contributed by atoms with Gasteiger partial charge in [0, 0.05) is 50.3 Å². The SMILES string of the molecule is Cn1cncc1[C@H](O)C(=O)N1CCN(C(=O)Cc2c[nH]c3ccccc23)CC1. The molecule has 0 radical (unpaired) electrons. The zero-order valence-corrected chi connectivity index (χ0v) is 15.7. The topological polar surface area (TPSA) is 94.5 Å². The Labute approximate surface area is 162 Å². The van der Waals surface area contributed by atoms with Crippen LogP contribution >= 0.6 is 0 Å². The van der Waals surface area contributed by atoms with E-state index in [4.69, 9.17) is 0 Å². The normalized spacial score (nSPS) is 15.8. The molecule has 1 aliphatic heterocycles. The van der Waals surface area contributed by atoms with E-state index < -0.39 is 6.10 Å². The number of hydrogen-bond acceptors (Lipinski definition) is 4. The minimum atomic E-state index is -1.24. The van der Waals surface area contributed by atoms with Crippen molar-refractivity contribution in [3.05, 3.63) is 54.2 Å². The Kier molecular flexibility index (Phi) is 4.87. The van der Waals surface area contributed by atoms with E-state index in [0.717, 1.165) is 16.5 Å². The van der Waals surface area contributed by atoms with Crippen molar-refractivity contribution < 1.29 is 14.7 Å². The molecule has 1 atom stereocenters. The number of amides is 2. The summed E-state index contributed by atoms with van der Waals surface area (Å²) in [6.07, 6.45) is 4.01. The Hall–Kier alpha value is -3.13. The summed E-state index contributed by atoms with van der Waals surface area (Å²) in [5, 5.41) is 11.4. The van der Waals surface area contributed by atoms with Crippen LogP contribution in [0.15, 0.2) is 43.0 Å². The quantitative estimate of drug-likeness (QED) is 0.701. The fraction of sp³-hybridized carbons (Fsp3) is 0.350. The molecule has 1 saturated heterocycles. The van der Waals surface area contributed by atoms with Gasteiger partial charge in [0.15, 0.2) is 6.10 Å². The number of para-hydroxylation sites is 1. The molecule has 8 nitrogen and oxygen atoms in total. The number of nitrogens with one attached hydrogen (secondary N) is 1. The molecule has 146 valence electrons. The lowest BCUT2D eigenvalue weighted by Gasteiger charge is -2.35. The smallest absolute Gasteiger partial charge is 0.257 e. The molecule has 28 heavy (non-hydrogen) atoms. The number of nitrogens with zero attached hydrogens (tertiary/aromatic N) is 4. The minimum absolute atomic E-state index is 0.0454. The molecule has 2 amide bonds. The largest absolute Gasteiger partial charge is 0.377 e. The maximum absolute atomic E-state index is 12.7. The Balaban J connectivity index is 1.35. The second kappa shape index (κ2) is 7.47. The van der Waals surface area contributed by atoms with Crippen molar-refractivity contribution in [2.75, 3.05) is 26.2 Å². The van der Waals surface area contributed by atoms with Gasteiger partial charge >= 0.3 is 0 Å². The van der Waals surface area contributed by atoms with Gasteiger partial charge in [-0.1, -0.05) is 18.2 Å². The number of H-pyrrole nitrogens is 1. The predicted octanol–water partition coefficient (Wildman–Crippen LogP) is 0.848. The lowest BCUT2D eigenvalue weighted by Crippen LogP contribution is -2.52. The first-order chi connectivity index (χ1) is 13.5. The lowest BCUT2D eigenvalue weighted by atomic mass is 10.1. The molecule has 2 aromatic heterocycles. The fourth-order valence-corrected chi connectivity index (χ4v) is 3.66.